The Labute approximate surface area is 151 Å². The van der Waals surface area contributed by atoms with Gasteiger partial charge in [-0.3, -0.25) is 0 Å². The van der Waals surface area contributed by atoms with E-state index in [0.717, 1.165) is 27.3 Å². The summed E-state index contributed by atoms with van der Waals surface area (Å²) in [6, 6.07) is 7.77. The lowest BCUT2D eigenvalue weighted by Gasteiger charge is -2.29. The van der Waals surface area contributed by atoms with Gasteiger partial charge in [-0.05, 0) is 12.1 Å². The van der Waals surface area contributed by atoms with Crippen LogP contribution >= 0.6 is 11.3 Å². The lowest BCUT2D eigenvalue weighted by molar-refractivity contribution is 0.0960. The molecule has 0 radical (unpaired) electrons. The summed E-state index contributed by atoms with van der Waals surface area (Å²) in [5, 5.41) is 5.58. The first-order chi connectivity index (χ1) is 11.9. The SMILES string of the molecule is CN(C[C@H]1COc2ccccc2O1)c1nn2cc(C(C)(C)C)nc2s1. The lowest BCUT2D eigenvalue weighted by atomic mass is 9.93. The van der Waals surface area contributed by atoms with Gasteiger partial charge in [-0.25, -0.2) is 9.50 Å². The summed E-state index contributed by atoms with van der Waals surface area (Å²) in [5.41, 5.74) is 1.08. The van der Waals surface area contributed by atoms with Crippen molar-refractivity contribution in [2.45, 2.75) is 32.3 Å². The molecule has 1 atom stereocenters. The lowest BCUT2D eigenvalue weighted by Crippen LogP contribution is -2.39. The Bertz CT molecular complexity index is 864. The van der Waals surface area contributed by atoms with Gasteiger partial charge in [-0.2, -0.15) is 0 Å². The zero-order valence-corrected chi connectivity index (χ0v) is 15.7. The van der Waals surface area contributed by atoms with Crippen LogP contribution in [-0.2, 0) is 5.41 Å². The molecular formula is C18H22N4O2S. The molecule has 4 rings (SSSR count). The van der Waals surface area contributed by atoms with E-state index in [2.05, 4.69) is 30.8 Å². The van der Waals surface area contributed by atoms with Gasteiger partial charge >= 0.3 is 0 Å². The van der Waals surface area contributed by atoms with Crippen LogP contribution in [-0.4, -0.2) is 40.9 Å². The largest absolute Gasteiger partial charge is 0.486 e. The normalized spacial score (nSPS) is 17.0. The zero-order chi connectivity index (χ0) is 17.6. The number of para-hydroxylation sites is 2. The molecule has 0 saturated heterocycles. The molecule has 132 valence electrons. The number of nitrogens with zero attached hydrogens (tertiary/aromatic N) is 4. The third-order valence-corrected chi connectivity index (χ3v) is 5.21. The van der Waals surface area contributed by atoms with E-state index in [9.17, 15) is 0 Å². The third-order valence-electron chi connectivity index (χ3n) is 4.17. The molecule has 1 aromatic carbocycles. The molecule has 25 heavy (non-hydrogen) atoms. The molecule has 0 unspecified atom stereocenters. The number of hydrogen-bond acceptors (Lipinski definition) is 6. The Morgan fingerprint density at radius 2 is 2.04 bits per heavy atom. The van der Waals surface area contributed by atoms with Crippen LogP contribution < -0.4 is 14.4 Å². The quantitative estimate of drug-likeness (QED) is 0.718. The fraction of sp³-hybridized carbons (Fsp3) is 0.444. The second-order valence-corrected chi connectivity index (χ2v) is 8.30. The Hall–Kier alpha value is -2.28. The predicted octanol–water partition coefficient (Wildman–Crippen LogP) is 3.36. The van der Waals surface area contributed by atoms with Gasteiger partial charge in [-0.15, -0.1) is 5.10 Å². The minimum absolute atomic E-state index is 0.0266. The summed E-state index contributed by atoms with van der Waals surface area (Å²) in [6.45, 7) is 7.72. The van der Waals surface area contributed by atoms with Crippen molar-refractivity contribution >= 4 is 21.4 Å². The van der Waals surface area contributed by atoms with Crippen LogP contribution in [0, 0.1) is 0 Å². The van der Waals surface area contributed by atoms with Crippen molar-refractivity contribution in [3.63, 3.8) is 0 Å². The molecule has 1 aliphatic heterocycles. The maximum Gasteiger partial charge on any atom is 0.214 e. The number of aromatic nitrogens is 3. The number of fused-ring (bicyclic) bond motifs is 2. The number of likely N-dealkylation sites (N-methyl/N-ethyl adjacent to an activating group) is 1. The highest BCUT2D eigenvalue weighted by molar-refractivity contribution is 7.20. The van der Waals surface area contributed by atoms with Crippen molar-refractivity contribution in [2.75, 3.05) is 25.1 Å². The fourth-order valence-electron chi connectivity index (χ4n) is 2.74. The molecule has 0 bridgehead atoms. The monoisotopic (exact) mass is 358 g/mol. The van der Waals surface area contributed by atoms with E-state index in [1.165, 1.54) is 0 Å². The number of benzene rings is 1. The van der Waals surface area contributed by atoms with Crippen molar-refractivity contribution in [3.05, 3.63) is 36.2 Å². The van der Waals surface area contributed by atoms with E-state index in [1.807, 2.05) is 42.0 Å². The van der Waals surface area contributed by atoms with Crippen LogP contribution in [0.15, 0.2) is 30.5 Å². The highest BCUT2D eigenvalue weighted by Crippen LogP contribution is 2.32. The molecule has 1 aliphatic rings. The second-order valence-electron chi connectivity index (χ2n) is 7.37. The Morgan fingerprint density at radius 1 is 1.28 bits per heavy atom. The molecular weight excluding hydrogens is 336 g/mol. The molecule has 3 heterocycles. The summed E-state index contributed by atoms with van der Waals surface area (Å²) in [5.74, 6) is 1.61. The van der Waals surface area contributed by atoms with Gasteiger partial charge in [0.05, 0.1) is 18.4 Å². The van der Waals surface area contributed by atoms with E-state index >= 15 is 0 Å². The molecule has 2 aromatic heterocycles. The highest BCUT2D eigenvalue weighted by Gasteiger charge is 2.24. The van der Waals surface area contributed by atoms with E-state index in [0.29, 0.717) is 13.2 Å². The molecule has 0 spiro atoms. The van der Waals surface area contributed by atoms with Crippen molar-refractivity contribution in [2.24, 2.45) is 0 Å². The minimum atomic E-state index is -0.0266. The molecule has 0 saturated carbocycles. The summed E-state index contributed by atoms with van der Waals surface area (Å²) in [4.78, 5) is 7.71. The maximum absolute atomic E-state index is 6.03. The molecule has 0 amide bonds. The van der Waals surface area contributed by atoms with E-state index in [4.69, 9.17) is 14.5 Å². The van der Waals surface area contributed by atoms with Gasteiger partial charge in [0.1, 0.15) is 6.61 Å². The van der Waals surface area contributed by atoms with Gasteiger partial charge in [0.2, 0.25) is 10.1 Å². The number of rotatable bonds is 3. The summed E-state index contributed by atoms with van der Waals surface area (Å²) >= 11 is 1.59. The van der Waals surface area contributed by atoms with Crippen LogP contribution in [0.5, 0.6) is 11.5 Å². The first-order valence-corrected chi connectivity index (χ1v) is 9.18. The standard InChI is InChI=1S/C18H22N4O2S/c1-18(2,3)15-10-22-16(19-15)25-17(20-22)21(4)9-12-11-23-13-7-5-6-8-14(13)24-12/h5-8,10,12H,9,11H2,1-4H3/t12-/m0/s1. The molecule has 3 aromatic rings. The van der Waals surface area contributed by atoms with E-state index < -0.39 is 0 Å². The van der Waals surface area contributed by atoms with Crippen molar-refractivity contribution in [3.8, 4) is 11.5 Å². The van der Waals surface area contributed by atoms with Crippen molar-refractivity contribution in [1.82, 2.24) is 14.6 Å². The number of anilines is 1. The Kier molecular flexibility index (Phi) is 3.83. The second kappa shape index (κ2) is 5.91. The van der Waals surface area contributed by atoms with Crippen LogP contribution in [0.3, 0.4) is 0 Å². The van der Waals surface area contributed by atoms with Crippen LogP contribution in [0.1, 0.15) is 26.5 Å². The van der Waals surface area contributed by atoms with Gasteiger partial charge in [0, 0.05) is 12.5 Å². The molecule has 7 heteroatoms. The minimum Gasteiger partial charge on any atom is -0.486 e. The summed E-state index contributed by atoms with van der Waals surface area (Å²) < 4.78 is 13.7. The first kappa shape index (κ1) is 16.2. The van der Waals surface area contributed by atoms with Crippen molar-refractivity contribution < 1.29 is 9.47 Å². The van der Waals surface area contributed by atoms with Crippen molar-refractivity contribution in [1.29, 1.82) is 0 Å². The number of hydrogen-bond donors (Lipinski definition) is 0. The zero-order valence-electron chi connectivity index (χ0n) is 14.9. The topological polar surface area (TPSA) is 51.9 Å². The third kappa shape index (κ3) is 3.16. The average Bonchev–Trinajstić information content (AvgIpc) is 3.13. The van der Waals surface area contributed by atoms with E-state index in [-0.39, 0.29) is 11.5 Å². The first-order valence-electron chi connectivity index (χ1n) is 8.36. The molecule has 0 N–H and O–H groups in total. The number of ether oxygens (including phenoxy) is 2. The summed E-state index contributed by atoms with van der Waals surface area (Å²) in [6.07, 6.45) is 1.99. The highest BCUT2D eigenvalue weighted by atomic mass is 32.1. The Balaban J connectivity index is 1.47. The van der Waals surface area contributed by atoms with Crippen LogP contribution in [0.2, 0.25) is 0 Å². The molecule has 6 nitrogen and oxygen atoms in total. The average molecular weight is 358 g/mol. The molecule has 0 aliphatic carbocycles. The van der Waals surface area contributed by atoms with Gasteiger partial charge in [0.15, 0.2) is 17.6 Å². The van der Waals surface area contributed by atoms with Gasteiger partial charge in [-0.1, -0.05) is 44.2 Å². The maximum atomic E-state index is 6.03. The smallest absolute Gasteiger partial charge is 0.214 e. The van der Waals surface area contributed by atoms with Crippen LogP contribution in [0.25, 0.3) is 4.96 Å². The predicted molar refractivity (Wildman–Crippen MR) is 99.2 cm³/mol. The van der Waals surface area contributed by atoms with Gasteiger partial charge < -0.3 is 14.4 Å². The molecule has 0 fully saturated rings. The Morgan fingerprint density at radius 3 is 2.76 bits per heavy atom. The van der Waals surface area contributed by atoms with Crippen LogP contribution in [0.4, 0.5) is 5.13 Å². The van der Waals surface area contributed by atoms with Gasteiger partial charge in [0.25, 0.3) is 0 Å². The number of imidazole rings is 1. The fourth-order valence-corrected chi connectivity index (χ4v) is 3.60. The summed E-state index contributed by atoms with van der Waals surface area (Å²) in [7, 11) is 2.02. The van der Waals surface area contributed by atoms with E-state index in [1.54, 1.807) is 11.3 Å².